The van der Waals surface area contributed by atoms with E-state index < -0.39 is 0 Å². The number of hydrogen-bond donors (Lipinski definition) is 2. The van der Waals surface area contributed by atoms with Crippen LogP contribution in [0.15, 0.2) is 0 Å². The first-order chi connectivity index (χ1) is 10.2. The van der Waals surface area contributed by atoms with E-state index in [1.54, 1.807) is 7.11 Å². The Bertz CT molecular complexity index is 360. The van der Waals surface area contributed by atoms with Gasteiger partial charge in [-0.2, -0.15) is 0 Å². The van der Waals surface area contributed by atoms with Crippen molar-refractivity contribution in [2.45, 2.75) is 63.5 Å². The number of amides is 1. The fourth-order valence-electron chi connectivity index (χ4n) is 4.93. The van der Waals surface area contributed by atoms with Gasteiger partial charge in [-0.3, -0.25) is 4.79 Å². The highest BCUT2D eigenvalue weighted by Gasteiger charge is 2.40. The largest absolute Gasteiger partial charge is 0.381 e. The third-order valence-electron chi connectivity index (χ3n) is 6.21. The summed E-state index contributed by atoms with van der Waals surface area (Å²) in [6.45, 7) is 0.787. The van der Waals surface area contributed by atoms with Gasteiger partial charge in [0.25, 0.3) is 0 Å². The average molecular weight is 294 g/mol. The Morgan fingerprint density at radius 1 is 1.14 bits per heavy atom. The van der Waals surface area contributed by atoms with Crippen molar-refractivity contribution in [3.05, 3.63) is 0 Å². The monoisotopic (exact) mass is 294 g/mol. The van der Waals surface area contributed by atoms with E-state index in [4.69, 9.17) is 10.5 Å². The molecule has 3 fully saturated rings. The third-order valence-corrected chi connectivity index (χ3v) is 6.21. The molecule has 21 heavy (non-hydrogen) atoms. The van der Waals surface area contributed by atoms with Gasteiger partial charge in [-0.15, -0.1) is 0 Å². The van der Waals surface area contributed by atoms with Crippen molar-refractivity contribution in [1.29, 1.82) is 0 Å². The number of hydrogen-bond acceptors (Lipinski definition) is 3. The first kappa shape index (κ1) is 15.3. The van der Waals surface area contributed by atoms with Crippen LogP contribution >= 0.6 is 0 Å². The Morgan fingerprint density at radius 2 is 1.81 bits per heavy atom. The molecular formula is C17H30N2O2. The summed E-state index contributed by atoms with van der Waals surface area (Å²) in [5, 5.41) is 3.20. The van der Waals surface area contributed by atoms with Gasteiger partial charge in [0, 0.05) is 31.5 Å². The molecule has 0 aromatic heterocycles. The molecule has 4 heteroatoms. The molecule has 4 nitrogen and oxygen atoms in total. The zero-order valence-corrected chi connectivity index (χ0v) is 13.2. The van der Waals surface area contributed by atoms with Crippen molar-refractivity contribution >= 4 is 5.91 Å². The van der Waals surface area contributed by atoms with Crippen molar-refractivity contribution in [3.8, 4) is 0 Å². The third kappa shape index (κ3) is 3.26. The molecule has 3 aliphatic rings. The molecule has 0 spiro atoms. The minimum Gasteiger partial charge on any atom is -0.381 e. The number of rotatable bonds is 4. The second-order valence-corrected chi connectivity index (χ2v) is 7.41. The van der Waals surface area contributed by atoms with Gasteiger partial charge in [-0.1, -0.05) is 12.8 Å². The summed E-state index contributed by atoms with van der Waals surface area (Å²) >= 11 is 0. The Hall–Kier alpha value is -0.610. The fraction of sp³-hybridized carbons (Fsp3) is 0.941. The molecule has 0 aliphatic heterocycles. The van der Waals surface area contributed by atoms with Crippen molar-refractivity contribution < 1.29 is 9.53 Å². The second-order valence-electron chi connectivity index (χ2n) is 7.41. The van der Waals surface area contributed by atoms with Crippen molar-refractivity contribution in [1.82, 2.24) is 5.32 Å². The Balaban J connectivity index is 1.49. The molecule has 0 aromatic rings. The van der Waals surface area contributed by atoms with E-state index in [1.165, 1.54) is 32.1 Å². The average Bonchev–Trinajstić information content (AvgIpc) is 2.92. The van der Waals surface area contributed by atoms with Gasteiger partial charge in [-0.05, 0) is 50.4 Å². The number of ether oxygens (including phenoxy) is 1. The lowest BCUT2D eigenvalue weighted by Gasteiger charge is -2.43. The summed E-state index contributed by atoms with van der Waals surface area (Å²) in [6.07, 6.45) is 9.62. The van der Waals surface area contributed by atoms with Crippen LogP contribution in [0.3, 0.4) is 0 Å². The van der Waals surface area contributed by atoms with Gasteiger partial charge in [0.1, 0.15) is 0 Å². The van der Waals surface area contributed by atoms with E-state index in [9.17, 15) is 4.79 Å². The number of nitrogens with one attached hydrogen (secondary N) is 1. The quantitative estimate of drug-likeness (QED) is 0.834. The molecular weight excluding hydrogens is 264 g/mol. The van der Waals surface area contributed by atoms with Crippen LogP contribution in [0.25, 0.3) is 0 Å². The van der Waals surface area contributed by atoms with E-state index in [1.807, 2.05) is 0 Å². The molecule has 3 rings (SSSR count). The van der Waals surface area contributed by atoms with E-state index in [0.717, 1.165) is 25.8 Å². The van der Waals surface area contributed by atoms with Crippen molar-refractivity contribution in [2.24, 2.45) is 29.4 Å². The maximum Gasteiger partial charge on any atom is 0.223 e. The first-order valence-corrected chi connectivity index (χ1v) is 8.75. The SMILES string of the molecule is COC1CCCC1CNC(=O)C1CC2CCCC(C1)C2N. The van der Waals surface area contributed by atoms with Gasteiger partial charge < -0.3 is 15.8 Å². The maximum atomic E-state index is 12.5. The lowest BCUT2D eigenvalue weighted by Crippen LogP contribution is -2.49. The first-order valence-electron chi connectivity index (χ1n) is 8.75. The van der Waals surface area contributed by atoms with E-state index in [2.05, 4.69) is 5.32 Å². The Labute approximate surface area is 128 Å². The van der Waals surface area contributed by atoms with E-state index in [0.29, 0.717) is 29.9 Å². The van der Waals surface area contributed by atoms with Crippen LogP contribution in [0, 0.1) is 23.7 Å². The normalized spacial score (nSPS) is 42.8. The molecule has 0 aromatic carbocycles. The predicted molar refractivity (Wildman–Crippen MR) is 82.7 cm³/mol. The minimum atomic E-state index is 0.197. The van der Waals surface area contributed by atoms with Crippen LogP contribution in [-0.4, -0.2) is 31.7 Å². The van der Waals surface area contributed by atoms with Gasteiger partial charge in [0.05, 0.1) is 6.10 Å². The fourth-order valence-corrected chi connectivity index (χ4v) is 4.93. The standard InChI is InChI=1S/C17H30N2O2/c1-21-15-7-3-6-13(15)10-19-17(20)14-8-11-4-2-5-12(9-14)16(11)18/h11-16H,2-10,18H2,1H3,(H,19,20). The lowest BCUT2D eigenvalue weighted by molar-refractivity contribution is -0.128. The number of carbonyl (C=O) groups is 1. The number of fused-ring (bicyclic) bond motifs is 2. The minimum absolute atomic E-state index is 0.197. The highest BCUT2D eigenvalue weighted by atomic mass is 16.5. The highest BCUT2D eigenvalue weighted by molar-refractivity contribution is 5.78. The second kappa shape index (κ2) is 6.66. The lowest BCUT2D eigenvalue weighted by atomic mass is 9.65. The molecule has 0 heterocycles. The van der Waals surface area contributed by atoms with Crippen LogP contribution in [0.4, 0.5) is 0 Å². The molecule has 3 saturated carbocycles. The molecule has 3 aliphatic carbocycles. The van der Waals surface area contributed by atoms with Crippen molar-refractivity contribution in [3.63, 3.8) is 0 Å². The molecule has 120 valence electrons. The number of nitrogens with two attached hydrogens (primary N) is 1. The van der Waals surface area contributed by atoms with Crippen LogP contribution in [0.1, 0.15) is 51.4 Å². The van der Waals surface area contributed by atoms with E-state index in [-0.39, 0.29) is 11.8 Å². The molecule has 3 N–H and O–H groups in total. The molecule has 0 saturated heterocycles. The zero-order valence-electron chi connectivity index (χ0n) is 13.2. The topological polar surface area (TPSA) is 64.3 Å². The van der Waals surface area contributed by atoms with E-state index >= 15 is 0 Å². The summed E-state index contributed by atoms with van der Waals surface area (Å²) < 4.78 is 5.51. The summed E-state index contributed by atoms with van der Waals surface area (Å²) in [6, 6.07) is 0.343. The van der Waals surface area contributed by atoms with Gasteiger partial charge >= 0.3 is 0 Å². The zero-order chi connectivity index (χ0) is 14.8. The van der Waals surface area contributed by atoms with Gasteiger partial charge in [-0.25, -0.2) is 0 Å². The van der Waals surface area contributed by atoms with Crippen molar-refractivity contribution in [2.75, 3.05) is 13.7 Å². The number of carbonyl (C=O) groups excluding carboxylic acids is 1. The predicted octanol–water partition coefficient (Wildman–Crippen LogP) is 2.07. The van der Waals surface area contributed by atoms with Gasteiger partial charge in [0.2, 0.25) is 5.91 Å². The molecule has 4 unspecified atom stereocenters. The smallest absolute Gasteiger partial charge is 0.223 e. The molecule has 0 radical (unpaired) electrons. The molecule has 1 amide bonds. The summed E-state index contributed by atoms with van der Waals surface area (Å²) in [4.78, 5) is 12.5. The van der Waals surface area contributed by atoms with Crippen LogP contribution in [0.5, 0.6) is 0 Å². The van der Waals surface area contributed by atoms with Crippen LogP contribution in [0.2, 0.25) is 0 Å². The van der Waals surface area contributed by atoms with Crippen LogP contribution in [-0.2, 0) is 9.53 Å². The Morgan fingerprint density at radius 3 is 2.48 bits per heavy atom. The summed E-state index contributed by atoms with van der Waals surface area (Å²) in [7, 11) is 1.79. The van der Waals surface area contributed by atoms with Gasteiger partial charge in [0.15, 0.2) is 0 Å². The van der Waals surface area contributed by atoms with Crippen LogP contribution < -0.4 is 11.1 Å². The highest BCUT2D eigenvalue weighted by Crippen LogP contribution is 2.41. The summed E-state index contributed by atoms with van der Waals surface area (Å²) in [5.74, 6) is 2.12. The molecule has 2 bridgehead atoms. The maximum absolute atomic E-state index is 12.5. The molecule has 4 atom stereocenters. The summed E-state index contributed by atoms with van der Waals surface area (Å²) in [5.41, 5.74) is 6.31. The Kier molecular flexibility index (Phi) is 4.85. The number of methoxy groups -OCH3 is 1.